The Balaban J connectivity index is 2.58. The first-order valence-electron chi connectivity index (χ1n) is 4.64. The predicted molar refractivity (Wildman–Crippen MR) is 61.0 cm³/mol. The molecule has 1 aromatic heterocycles. The minimum absolute atomic E-state index is 0.434. The second-order valence-corrected chi connectivity index (χ2v) is 4.31. The molecule has 0 aliphatic rings. The van der Waals surface area contributed by atoms with E-state index in [2.05, 4.69) is 23.8 Å². The zero-order chi connectivity index (χ0) is 10.6. The molecule has 1 rings (SSSR count). The van der Waals surface area contributed by atoms with Crippen molar-refractivity contribution in [1.82, 2.24) is 9.97 Å². The normalized spacial score (nSPS) is 12.7. The molecule has 0 bridgehead atoms. The van der Waals surface area contributed by atoms with Crippen molar-refractivity contribution < 1.29 is 0 Å². The van der Waals surface area contributed by atoms with E-state index in [1.807, 2.05) is 0 Å². The summed E-state index contributed by atoms with van der Waals surface area (Å²) in [7, 11) is 0. The standard InChI is InChI=1S/C9H16N4S/c1-3-6(2)5-14-9-12-7(10)4-8(11)13-9/h4,6H,3,5H2,1-2H3,(H4,10,11,12,13). The lowest BCUT2D eigenvalue weighted by molar-refractivity contribution is 0.636. The number of rotatable bonds is 4. The molecule has 5 heteroatoms. The summed E-state index contributed by atoms with van der Waals surface area (Å²) in [5.74, 6) is 2.53. The molecule has 0 fully saturated rings. The van der Waals surface area contributed by atoms with Gasteiger partial charge in [0.25, 0.3) is 0 Å². The van der Waals surface area contributed by atoms with E-state index in [4.69, 9.17) is 11.5 Å². The Labute approximate surface area is 88.5 Å². The molecule has 1 atom stereocenters. The fourth-order valence-electron chi connectivity index (χ4n) is 0.861. The summed E-state index contributed by atoms with van der Waals surface area (Å²) in [6, 6.07) is 1.56. The SMILES string of the molecule is CCC(C)CSc1nc(N)cc(N)n1. The van der Waals surface area contributed by atoms with Gasteiger partial charge in [-0.15, -0.1) is 0 Å². The largest absolute Gasteiger partial charge is 0.383 e. The zero-order valence-electron chi connectivity index (χ0n) is 8.53. The van der Waals surface area contributed by atoms with Crippen LogP contribution in [-0.4, -0.2) is 15.7 Å². The lowest BCUT2D eigenvalue weighted by atomic mass is 10.2. The topological polar surface area (TPSA) is 77.8 Å². The molecule has 4 nitrogen and oxygen atoms in total. The first-order valence-corrected chi connectivity index (χ1v) is 5.63. The van der Waals surface area contributed by atoms with E-state index in [0.717, 1.165) is 12.2 Å². The van der Waals surface area contributed by atoms with Gasteiger partial charge >= 0.3 is 0 Å². The van der Waals surface area contributed by atoms with Gasteiger partial charge in [-0.05, 0) is 5.92 Å². The number of thioether (sulfide) groups is 1. The molecule has 1 aromatic rings. The van der Waals surface area contributed by atoms with Crippen LogP contribution < -0.4 is 11.5 Å². The molecule has 0 aliphatic heterocycles. The number of aromatic nitrogens is 2. The van der Waals surface area contributed by atoms with E-state index in [9.17, 15) is 0 Å². The zero-order valence-corrected chi connectivity index (χ0v) is 9.34. The molecule has 0 spiro atoms. The molecule has 0 saturated heterocycles. The van der Waals surface area contributed by atoms with Gasteiger partial charge in [-0.1, -0.05) is 32.0 Å². The van der Waals surface area contributed by atoms with E-state index < -0.39 is 0 Å². The highest BCUT2D eigenvalue weighted by Gasteiger charge is 2.04. The third-order valence-electron chi connectivity index (χ3n) is 1.94. The third-order valence-corrected chi connectivity index (χ3v) is 3.12. The van der Waals surface area contributed by atoms with Crippen molar-refractivity contribution in [3.05, 3.63) is 6.07 Å². The fourth-order valence-corrected chi connectivity index (χ4v) is 1.87. The molecule has 0 radical (unpaired) electrons. The quantitative estimate of drug-likeness (QED) is 0.587. The molecular weight excluding hydrogens is 196 g/mol. The molecule has 1 heterocycles. The van der Waals surface area contributed by atoms with Crippen molar-refractivity contribution >= 4 is 23.4 Å². The van der Waals surface area contributed by atoms with Crippen LogP contribution in [0, 0.1) is 5.92 Å². The second kappa shape index (κ2) is 5.05. The van der Waals surface area contributed by atoms with Gasteiger partial charge in [0, 0.05) is 11.8 Å². The third kappa shape index (κ3) is 3.41. The minimum atomic E-state index is 0.434. The number of nitrogens with two attached hydrogens (primary N) is 2. The molecule has 0 aliphatic carbocycles. The van der Waals surface area contributed by atoms with Gasteiger partial charge in [-0.3, -0.25) is 0 Å². The Morgan fingerprint density at radius 3 is 2.43 bits per heavy atom. The summed E-state index contributed by atoms with van der Waals surface area (Å²) in [4.78, 5) is 8.18. The number of anilines is 2. The maximum absolute atomic E-state index is 5.55. The Hall–Kier alpha value is -0.970. The highest BCUT2D eigenvalue weighted by Crippen LogP contribution is 2.20. The number of hydrogen-bond donors (Lipinski definition) is 2. The second-order valence-electron chi connectivity index (χ2n) is 3.32. The number of hydrogen-bond acceptors (Lipinski definition) is 5. The summed E-state index contributed by atoms with van der Waals surface area (Å²) in [5.41, 5.74) is 11.1. The van der Waals surface area contributed by atoms with Crippen molar-refractivity contribution in [3.8, 4) is 0 Å². The van der Waals surface area contributed by atoms with Crippen LogP contribution in [0.25, 0.3) is 0 Å². The van der Waals surface area contributed by atoms with Crippen LogP contribution in [0.15, 0.2) is 11.2 Å². The Bertz CT molecular complexity index is 283. The van der Waals surface area contributed by atoms with E-state index in [0.29, 0.717) is 22.7 Å². The summed E-state index contributed by atoms with van der Waals surface area (Å²) in [6.07, 6.45) is 1.16. The van der Waals surface area contributed by atoms with Crippen LogP contribution in [0.2, 0.25) is 0 Å². The van der Waals surface area contributed by atoms with E-state index in [1.165, 1.54) is 0 Å². The molecule has 4 N–H and O–H groups in total. The first kappa shape index (κ1) is 11.1. The summed E-state index contributed by atoms with van der Waals surface area (Å²) < 4.78 is 0. The summed E-state index contributed by atoms with van der Waals surface area (Å²) in [5, 5.41) is 0.669. The highest BCUT2D eigenvalue weighted by atomic mass is 32.2. The van der Waals surface area contributed by atoms with Crippen LogP contribution >= 0.6 is 11.8 Å². The van der Waals surface area contributed by atoms with Gasteiger partial charge in [-0.2, -0.15) is 0 Å². The van der Waals surface area contributed by atoms with Crippen molar-refractivity contribution in [2.75, 3.05) is 17.2 Å². The van der Waals surface area contributed by atoms with Crippen molar-refractivity contribution in [1.29, 1.82) is 0 Å². The summed E-state index contributed by atoms with van der Waals surface area (Å²) >= 11 is 1.60. The van der Waals surface area contributed by atoms with Crippen LogP contribution in [0.5, 0.6) is 0 Å². The molecule has 0 saturated carbocycles. The van der Waals surface area contributed by atoms with Crippen molar-refractivity contribution in [3.63, 3.8) is 0 Å². The molecular formula is C9H16N4S. The molecule has 0 amide bonds. The van der Waals surface area contributed by atoms with Crippen molar-refractivity contribution in [2.45, 2.75) is 25.4 Å². The Kier molecular flexibility index (Phi) is 4.00. The number of nitrogen functional groups attached to an aromatic ring is 2. The average Bonchev–Trinajstić information content (AvgIpc) is 2.12. The lowest BCUT2D eigenvalue weighted by Gasteiger charge is -2.06. The van der Waals surface area contributed by atoms with Gasteiger partial charge in [-0.25, -0.2) is 9.97 Å². The summed E-state index contributed by atoms with van der Waals surface area (Å²) in [6.45, 7) is 4.36. The first-order chi connectivity index (χ1) is 6.61. The predicted octanol–water partition coefficient (Wildman–Crippen LogP) is 1.78. The smallest absolute Gasteiger partial charge is 0.191 e. The van der Waals surface area contributed by atoms with E-state index in [1.54, 1.807) is 17.8 Å². The van der Waals surface area contributed by atoms with Crippen LogP contribution in [-0.2, 0) is 0 Å². The average molecular weight is 212 g/mol. The van der Waals surface area contributed by atoms with Gasteiger partial charge < -0.3 is 11.5 Å². The molecule has 14 heavy (non-hydrogen) atoms. The van der Waals surface area contributed by atoms with Crippen LogP contribution in [0.4, 0.5) is 11.6 Å². The molecule has 78 valence electrons. The van der Waals surface area contributed by atoms with Crippen LogP contribution in [0.3, 0.4) is 0 Å². The number of nitrogens with zero attached hydrogens (tertiary/aromatic N) is 2. The Morgan fingerprint density at radius 2 is 1.93 bits per heavy atom. The minimum Gasteiger partial charge on any atom is -0.383 e. The highest BCUT2D eigenvalue weighted by molar-refractivity contribution is 7.99. The molecule has 1 unspecified atom stereocenters. The lowest BCUT2D eigenvalue weighted by Crippen LogP contribution is -2.01. The van der Waals surface area contributed by atoms with E-state index in [-0.39, 0.29) is 0 Å². The Morgan fingerprint density at radius 1 is 1.36 bits per heavy atom. The van der Waals surface area contributed by atoms with E-state index >= 15 is 0 Å². The van der Waals surface area contributed by atoms with Crippen LogP contribution in [0.1, 0.15) is 20.3 Å². The maximum atomic E-state index is 5.55. The van der Waals surface area contributed by atoms with Gasteiger partial charge in [0.05, 0.1) is 0 Å². The van der Waals surface area contributed by atoms with Crippen molar-refractivity contribution in [2.24, 2.45) is 5.92 Å². The maximum Gasteiger partial charge on any atom is 0.191 e. The fraction of sp³-hybridized carbons (Fsp3) is 0.556. The van der Waals surface area contributed by atoms with Gasteiger partial charge in [0.1, 0.15) is 11.6 Å². The van der Waals surface area contributed by atoms with Gasteiger partial charge in [0.15, 0.2) is 5.16 Å². The van der Waals surface area contributed by atoms with Gasteiger partial charge in [0.2, 0.25) is 0 Å². The molecule has 0 aromatic carbocycles. The monoisotopic (exact) mass is 212 g/mol.